The number of nitrogens with one attached hydrogen (secondary N) is 1. The van der Waals surface area contributed by atoms with E-state index in [1.807, 2.05) is 48.3 Å². The summed E-state index contributed by atoms with van der Waals surface area (Å²) >= 11 is 0. The Bertz CT molecular complexity index is 1060. The molecule has 7 nitrogen and oxygen atoms in total. The number of rotatable bonds is 8. The van der Waals surface area contributed by atoms with Gasteiger partial charge in [-0.25, -0.2) is 4.98 Å². The molecule has 0 aliphatic rings. The van der Waals surface area contributed by atoms with Crippen LogP contribution < -0.4 is 4.90 Å². The van der Waals surface area contributed by atoms with Crippen molar-refractivity contribution in [2.75, 3.05) is 24.7 Å². The molecule has 4 rings (SSSR count). The first-order valence-electron chi connectivity index (χ1n) is 9.95. The van der Waals surface area contributed by atoms with Crippen LogP contribution in [0.4, 0.5) is 5.82 Å². The van der Waals surface area contributed by atoms with Crippen LogP contribution in [0.3, 0.4) is 0 Å². The van der Waals surface area contributed by atoms with Crippen LogP contribution in [0, 0.1) is 0 Å². The molecule has 0 fully saturated rings. The smallest absolute Gasteiger partial charge is 0.148 e. The fourth-order valence-corrected chi connectivity index (χ4v) is 3.53. The Kier molecular flexibility index (Phi) is 5.57. The van der Waals surface area contributed by atoms with Crippen LogP contribution in [0.1, 0.15) is 20.8 Å². The fourth-order valence-electron chi connectivity index (χ4n) is 3.53. The second-order valence-electron chi connectivity index (χ2n) is 7.11. The zero-order valence-electron chi connectivity index (χ0n) is 17.0. The Morgan fingerprint density at radius 2 is 1.97 bits per heavy atom. The largest absolute Gasteiger partial charge is 0.380 e. The molecule has 0 aliphatic carbocycles. The quantitative estimate of drug-likeness (QED) is 0.459. The lowest BCUT2D eigenvalue weighted by Crippen LogP contribution is -2.34. The first kappa shape index (κ1) is 19.1. The number of aromatic nitrogens is 5. The van der Waals surface area contributed by atoms with E-state index in [2.05, 4.69) is 46.1 Å². The maximum absolute atomic E-state index is 5.61. The first-order chi connectivity index (χ1) is 14.2. The van der Waals surface area contributed by atoms with Crippen molar-refractivity contribution in [3.05, 3.63) is 55.1 Å². The van der Waals surface area contributed by atoms with Crippen molar-refractivity contribution < 1.29 is 4.74 Å². The Labute approximate surface area is 170 Å². The monoisotopic (exact) mass is 390 g/mol. The second-order valence-corrected chi connectivity index (χ2v) is 7.11. The average molecular weight is 390 g/mol. The number of H-pyrrole nitrogens is 1. The van der Waals surface area contributed by atoms with E-state index in [1.54, 1.807) is 6.20 Å². The Morgan fingerprint density at radius 3 is 2.66 bits per heavy atom. The minimum absolute atomic E-state index is 0.293. The maximum Gasteiger partial charge on any atom is 0.148 e. The average Bonchev–Trinajstić information content (AvgIpc) is 3.40. The van der Waals surface area contributed by atoms with E-state index < -0.39 is 0 Å². The summed E-state index contributed by atoms with van der Waals surface area (Å²) in [6, 6.07) is 10.6. The third kappa shape index (κ3) is 3.86. The van der Waals surface area contributed by atoms with Gasteiger partial charge in [-0.15, -0.1) is 0 Å². The standard InChI is InChI=1S/C22H26N6O/c1-4-29-14-13-27(16(2)3)21-15-19(17-5-9-23-10-6-17)18-8-12-28(22(18)25-21)20-7-11-24-26-20/h5-12,15-16H,4,13-14H2,1-3H3,(H,24,26). The number of hydrogen-bond acceptors (Lipinski definition) is 5. The Balaban J connectivity index is 1.89. The van der Waals surface area contributed by atoms with Crippen molar-refractivity contribution in [3.63, 3.8) is 0 Å². The van der Waals surface area contributed by atoms with Gasteiger partial charge in [-0.1, -0.05) is 0 Å². The van der Waals surface area contributed by atoms with E-state index in [9.17, 15) is 0 Å². The lowest BCUT2D eigenvalue weighted by molar-refractivity contribution is 0.152. The molecule has 1 N–H and O–H groups in total. The third-order valence-corrected chi connectivity index (χ3v) is 4.98. The van der Waals surface area contributed by atoms with Crippen LogP contribution in [0.2, 0.25) is 0 Å². The highest BCUT2D eigenvalue weighted by Gasteiger charge is 2.18. The highest BCUT2D eigenvalue weighted by atomic mass is 16.5. The number of anilines is 1. The van der Waals surface area contributed by atoms with Gasteiger partial charge in [-0.3, -0.25) is 14.6 Å². The van der Waals surface area contributed by atoms with Gasteiger partial charge >= 0.3 is 0 Å². The molecule has 0 radical (unpaired) electrons. The van der Waals surface area contributed by atoms with Gasteiger partial charge in [0.05, 0.1) is 12.8 Å². The molecule has 0 aliphatic heterocycles. The third-order valence-electron chi connectivity index (χ3n) is 4.98. The molecule has 29 heavy (non-hydrogen) atoms. The number of fused-ring (bicyclic) bond motifs is 1. The molecular formula is C22H26N6O. The summed E-state index contributed by atoms with van der Waals surface area (Å²) in [5.41, 5.74) is 3.14. The van der Waals surface area contributed by atoms with Gasteiger partial charge < -0.3 is 9.64 Å². The van der Waals surface area contributed by atoms with Gasteiger partial charge in [0.15, 0.2) is 0 Å². The van der Waals surface area contributed by atoms with Crippen molar-refractivity contribution in [2.45, 2.75) is 26.8 Å². The normalized spacial score (nSPS) is 11.4. The van der Waals surface area contributed by atoms with Crippen molar-refractivity contribution in [3.8, 4) is 16.9 Å². The fraction of sp³-hybridized carbons (Fsp3) is 0.318. The number of pyridine rings is 2. The SMILES string of the molecule is CCOCCN(c1cc(-c2ccncc2)c2ccn(-c3ccn[nH]3)c2n1)C(C)C. The lowest BCUT2D eigenvalue weighted by Gasteiger charge is -2.28. The molecule has 0 unspecified atom stereocenters. The van der Waals surface area contributed by atoms with Gasteiger partial charge in [0.25, 0.3) is 0 Å². The molecule has 0 amide bonds. The molecule has 0 spiro atoms. The number of nitrogens with zero attached hydrogens (tertiary/aromatic N) is 5. The zero-order valence-corrected chi connectivity index (χ0v) is 17.0. The molecule has 0 bridgehead atoms. The summed E-state index contributed by atoms with van der Waals surface area (Å²) in [5, 5.41) is 8.21. The van der Waals surface area contributed by atoms with E-state index >= 15 is 0 Å². The highest BCUT2D eigenvalue weighted by Crippen LogP contribution is 2.33. The first-order valence-corrected chi connectivity index (χ1v) is 9.95. The summed E-state index contributed by atoms with van der Waals surface area (Å²) in [4.78, 5) is 11.5. The maximum atomic E-state index is 5.61. The number of hydrogen-bond donors (Lipinski definition) is 1. The zero-order chi connectivity index (χ0) is 20.2. The molecule has 4 aromatic heterocycles. The molecule has 4 aromatic rings. The molecular weight excluding hydrogens is 364 g/mol. The van der Waals surface area contributed by atoms with Gasteiger partial charge in [0.1, 0.15) is 17.3 Å². The van der Waals surface area contributed by atoms with Crippen molar-refractivity contribution >= 4 is 16.9 Å². The molecule has 7 heteroatoms. The predicted molar refractivity (Wildman–Crippen MR) is 115 cm³/mol. The van der Waals surface area contributed by atoms with E-state index in [0.29, 0.717) is 19.3 Å². The summed E-state index contributed by atoms with van der Waals surface area (Å²) in [5.74, 6) is 1.81. The summed E-state index contributed by atoms with van der Waals surface area (Å²) in [6.07, 6.45) is 7.42. The Morgan fingerprint density at radius 1 is 1.14 bits per heavy atom. The van der Waals surface area contributed by atoms with Crippen LogP contribution in [-0.4, -0.2) is 50.5 Å². The minimum atomic E-state index is 0.293. The van der Waals surface area contributed by atoms with Crippen LogP contribution in [-0.2, 0) is 4.74 Å². The molecule has 4 heterocycles. The number of aromatic amines is 1. The number of ether oxygens (including phenoxy) is 1. The molecule has 0 saturated heterocycles. The summed E-state index contributed by atoms with van der Waals surface area (Å²) < 4.78 is 7.65. The van der Waals surface area contributed by atoms with E-state index in [1.165, 1.54) is 0 Å². The van der Waals surface area contributed by atoms with E-state index in [0.717, 1.165) is 40.3 Å². The molecule has 0 aromatic carbocycles. The molecule has 0 atom stereocenters. The lowest BCUT2D eigenvalue weighted by atomic mass is 10.0. The van der Waals surface area contributed by atoms with Crippen molar-refractivity contribution in [1.29, 1.82) is 0 Å². The van der Waals surface area contributed by atoms with Gasteiger partial charge in [-0.2, -0.15) is 5.10 Å². The Hall–Kier alpha value is -3.19. The topological polar surface area (TPSA) is 71.9 Å². The van der Waals surface area contributed by atoms with Crippen LogP contribution in [0.25, 0.3) is 28.0 Å². The molecule has 150 valence electrons. The predicted octanol–water partition coefficient (Wildman–Crippen LogP) is 4.06. The minimum Gasteiger partial charge on any atom is -0.380 e. The van der Waals surface area contributed by atoms with Crippen LogP contribution in [0.5, 0.6) is 0 Å². The van der Waals surface area contributed by atoms with Crippen molar-refractivity contribution in [2.24, 2.45) is 0 Å². The second kappa shape index (κ2) is 8.45. The van der Waals surface area contributed by atoms with Gasteiger partial charge in [-0.05, 0) is 56.2 Å². The van der Waals surface area contributed by atoms with Gasteiger partial charge in [0.2, 0.25) is 0 Å². The summed E-state index contributed by atoms with van der Waals surface area (Å²) in [7, 11) is 0. The van der Waals surface area contributed by atoms with Crippen molar-refractivity contribution in [1.82, 2.24) is 24.7 Å². The highest BCUT2D eigenvalue weighted by molar-refractivity contribution is 5.95. The van der Waals surface area contributed by atoms with E-state index in [-0.39, 0.29) is 0 Å². The summed E-state index contributed by atoms with van der Waals surface area (Å²) in [6.45, 7) is 8.53. The van der Waals surface area contributed by atoms with Crippen LogP contribution in [0.15, 0.2) is 55.1 Å². The molecule has 0 saturated carbocycles. The van der Waals surface area contributed by atoms with E-state index in [4.69, 9.17) is 9.72 Å². The van der Waals surface area contributed by atoms with Crippen LogP contribution >= 0.6 is 0 Å². The van der Waals surface area contributed by atoms with Gasteiger partial charge in [0, 0.05) is 49.2 Å².